The van der Waals surface area contributed by atoms with Crippen LogP contribution in [0.15, 0.2) is 24.3 Å². The Morgan fingerprint density at radius 1 is 1.12 bits per heavy atom. The Bertz CT molecular complexity index is 747. The molecule has 1 amide bonds. The molecule has 0 saturated carbocycles. The molecule has 0 aliphatic heterocycles. The average molecular weight is 347 g/mol. The second-order valence-electron chi connectivity index (χ2n) is 5.62. The number of anilines is 1. The molecule has 0 unspecified atom stereocenters. The van der Waals surface area contributed by atoms with E-state index in [9.17, 15) is 9.59 Å². The minimum Gasteiger partial charge on any atom is -0.491 e. The van der Waals surface area contributed by atoms with E-state index in [1.807, 2.05) is 27.7 Å². The van der Waals surface area contributed by atoms with Crippen molar-refractivity contribution in [1.29, 1.82) is 0 Å². The number of methoxy groups -OCH3 is 1. The zero-order valence-corrected chi connectivity index (χ0v) is 15.2. The van der Waals surface area contributed by atoms with Gasteiger partial charge in [0.05, 0.1) is 18.8 Å². The summed E-state index contributed by atoms with van der Waals surface area (Å²) in [7, 11) is 1.33. The molecule has 5 nitrogen and oxygen atoms in total. The Kier molecular flexibility index (Phi) is 5.62. The van der Waals surface area contributed by atoms with E-state index in [4.69, 9.17) is 9.47 Å². The first-order chi connectivity index (χ1) is 11.3. The van der Waals surface area contributed by atoms with E-state index in [-0.39, 0.29) is 12.0 Å². The molecule has 1 N–H and O–H groups in total. The molecule has 2 rings (SSSR count). The van der Waals surface area contributed by atoms with Crippen molar-refractivity contribution in [3.63, 3.8) is 0 Å². The number of ether oxygens (including phenoxy) is 2. The number of rotatable bonds is 5. The number of aryl methyl sites for hydroxylation is 1. The van der Waals surface area contributed by atoms with Gasteiger partial charge in [-0.3, -0.25) is 4.79 Å². The average Bonchev–Trinajstić information content (AvgIpc) is 2.81. The highest BCUT2D eigenvalue weighted by molar-refractivity contribution is 7.16. The molecule has 128 valence electrons. The fourth-order valence-corrected chi connectivity index (χ4v) is 3.24. The maximum atomic E-state index is 12.4. The van der Waals surface area contributed by atoms with Crippen LogP contribution in [-0.4, -0.2) is 25.1 Å². The van der Waals surface area contributed by atoms with Gasteiger partial charge in [0.1, 0.15) is 10.8 Å². The molecule has 0 spiro atoms. The quantitative estimate of drug-likeness (QED) is 0.824. The van der Waals surface area contributed by atoms with Gasteiger partial charge in [-0.25, -0.2) is 4.79 Å². The zero-order valence-electron chi connectivity index (χ0n) is 14.4. The summed E-state index contributed by atoms with van der Waals surface area (Å²) in [5.41, 5.74) is 1.72. The minimum absolute atomic E-state index is 0.0735. The molecule has 0 bridgehead atoms. The van der Waals surface area contributed by atoms with E-state index >= 15 is 0 Å². The molecule has 2 aromatic rings. The molecule has 1 aromatic carbocycles. The van der Waals surface area contributed by atoms with Gasteiger partial charge in [0.2, 0.25) is 0 Å². The van der Waals surface area contributed by atoms with Crippen LogP contribution >= 0.6 is 11.3 Å². The van der Waals surface area contributed by atoms with Crippen molar-refractivity contribution in [2.24, 2.45) is 0 Å². The zero-order chi connectivity index (χ0) is 17.9. The van der Waals surface area contributed by atoms with E-state index < -0.39 is 5.97 Å². The number of esters is 1. The van der Waals surface area contributed by atoms with Crippen molar-refractivity contribution in [3.05, 3.63) is 45.8 Å². The molecule has 0 saturated heterocycles. The third kappa shape index (κ3) is 3.94. The summed E-state index contributed by atoms with van der Waals surface area (Å²) in [6.07, 6.45) is 0.0735. The minimum atomic E-state index is -0.451. The molecule has 6 heteroatoms. The number of thiophene rings is 1. The predicted octanol–water partition coefficient (Wildman–Crippen LogP) is 4.19. The number of carbonyl (C=O) groups is 2. The molecule has 0 aliphatic rings. The van der Waals surface area contributed by atoms with E-state index in [2.05, 4.69) is 5.32 Å². The lowest BCUT2D eigenvalue weighted by Crippen LogP contribution is -2.14. The van der Waals surface area contributed by atoms with Crippen LogP contribution in [0, 0.1) is 13.8 Å². The van der Waals surface area contributed by atoms with Crippen LogP contribution in [0.5, 0.6) is 5.75 Å². The Morgan fingerprint density at radius 2 is 1.75 bits per heavy atom. The number of nitrogens with one attached hydrogen (secondary N) is 1. The van der Waals surface area contributed by atoms with Crippen LogP contribution in [-0.2, 0) is 4.74 Å². The lowest BCUT2D eigenvalue weighted by Gasteiger charge is -2.10. The smallest absolute Gasteiger partial charge is 0.341 e. The largest absolute Gasteiger partial charge is 0.491 e. The van der Waals surface area contributed by atoms with Crippen LogP contribution in [0.25, 0.3) is 0 Å². The van der Waals surface area contributed by atoms with E-state index in [0.717, 1.165) is 10.4 Å². The Hall–Kier alpha value is -2.34. The molecule has 0 radical (unpaired) electrons. The van der Waals surface area contributed by atoms with Crippen LogP contribution < -0.4 is 10.1 Å². The maximum Gasteiger partial charge on any atom is 0.341 e. The number of benzene rings is 1. The first-order valence-corrected chi connectivity index (χ1v) is 8.41. The lowest BCUT2D eigenvalue weighted by atomic mass is 10.1. The molecular formula is C18H21NO4S. The van der Waals surface area contributed by atoms with E-state index in [1.165, 1.54) is 18.4 Å². The molecule has 0 fully saturated rings. The summed E-state index contributed by atoms with van der Waals surface area (Å²) in [6, 6.07) is 6.89. The highest BCUT2D eigenvalue weighted by Crippen LogP contribution is 2.33. The second kappa shape index (κ2) is 7.49. The van der Waals surface area contributed by atoms with Crippen molar-refractivity contribution in [2.45, 2.75) is 33.8 Å². The van der Waals surface area contributed by atoms with Crippen LogP contribution in [0.3, 0.4) is 0 Å². The van der Waals surface area contributed by atoms with Gasteiger partial charge in [0.25, 0.3) is 5.91 Å². The first kappa shape index (κ1) is 18.0. The Balaban J connectivity index is 2.21. The van der Waals surface area contributed by atoms with Gasteiger partial charge in [-0.05, 0) is 57.5 Å². The summed E-state index contributed by atoms with van der Waals surface area (Å²) >= 11 is 1.36. The van der Waals surface area contributed by atoms with Crippen molar-refractivity contribution in [2.75, 3.05) is 12.4 Å². The van der Waals surface area contributed by atoms with Gasteiger partial charge in [-0.2, -0.15) is 0 Å². The first-order valence-electron chi connectivity index (χ1n) is 7.59. The number of carbonyl (C=O) groups excluding carboxylic acids is 2. The highest BCUT2D eigenvalue weighted by Gasteiger charge is 2.22. The third-order valence-corrected chi connectivity index (χ3v) is 4.61. The van der Waals surface area contributed by atoms with Gasteiger partial charge in [0.15, 0.2) is 0 Å². The van der Waals surface area contributed by atoms with Gasteiger partial charge >= 0.3 is 5.97 Å². The highest BCUT2D eigenvalue weighted by atomic mass is 32.1. The molecule has 24 heavy (non-hydrogen) atoms. The molecule has 1 heterocycles. The van der Waals surface area contributed by atoms with Crippen LogP contribution in [0.2, 0.25) is 0 Å². The van der Waals surface area contributed by atoms with Crippen molar-refractivity contribution >= 4 is 28.2 Å². The monoisotopic (exact) mass is 347 g/mol. The fourth-order valence-electron chi connectivity index (χ4n) is 2.20. The van der Waals surface area contributed by atoms with Crippen molar-refractivity contribution in [3.8, 4) is 5.75 Å². The SMILES string of the molecule is COC(=O)c1c(NC(=O)c2ccc(OC(C)C)cc2)sc(C)c1C. The summed E-state index contributed by atoms with van der Waals surface area (Å²) in [4.78, 5) is 25.3. The lowest BCUT2D eigenvalue weighted by molar-refractivity contribution is 0.0601. The summed E-state index contributed by atoms with van der Waals surface area (Å²) in [5, 5.41) is 3.31. The van der Waals surface area contributed by atoms with Gasteiger partial charge < -0.3 is 14.8 Å². The van der Waals surface area contributed by atoms with Crippen molar-refractivity contribution in [1.82, 2.24) is 0 Å². The van der Waals surface area contributed by atoms with Crippen LogP contribution in [0.4, 0.5) is 5.00 Å². The Morgan fingerprint density at radius 3 is 2.29 bits per heavy atom. The van der Waals surface area contributed by atoms with E-state index in [0.29, 0.717) is 21.9 Å². The maximum absolute atomic E-state index is 12.4. The molecular weight excluding hydrogens is 326 g/mol. The summed E-state index contributed by atoms with van der Waals surface area (Å²) < 4.78 is 10.4. The molecule has 1 aromatic heterocycles. The van der Waals surface area contributed by atoms with E-state index in [1.54, 1.807) is 24.3 Å². The van der Waals surface area contributed by atoms with Crippen LogP contribution in [0.1, 0.15) is 45.0 Å². The predicted molar refractivity (Wildman–Crippen MR) is 95.3 cm³/mol. The standard InChI is InChI=1S/C18H21NO4S/c1-10(2)23-14-8-6-13(7-9-14)16(20)19-17-15(18(21)22-5)11(3)12(4)24-17/h6-10H,1-5H3,(H,19,20). The number of hydrogen-bond acceptors (Lipinski definition) is 5. The van der Waals surface area contributed by atoms with Crippen molar-refractivity contribution < 1.29 is 19.1 Å². The van der Waals surface area contributed by atoms with Gasteiger partial charge in [-0.1, -0.05) is 0 Å². The fraction of sp³-hybridized carbons (Fsp3) is 0.333. The second-order valence-corrected chi connectivity index (χ2v) is 6.85. The number of amides is 1. The topological polar surface area (TPSA) is 64.6 Å². The Labute approximate surface area is 145 Å². The molecule has 0 aliphatic carbocycles. The van der Waals surface area contributed by atoms with Gasteiger partial charge in [0, 0.05) is 10.4 Å². The van der Waals surface area contributed by atoms with Gasteiger partial charge in [-0.15, -0.1) is 11.3 Å². The summed E-state index contributed by atoms with van der Waals surface area (Å²) in [5.74, 6) is -0.0232. The summed E-state index contributed by atoms with van der Waals surface area (Å²) in [6.45, 7) is 7.62. The normalized spacial score (nSPS) is 10.6. The molecule has 0 atom stereocenters. The third-order valence-electron chi connectivity index (χ3n) is 3.49. The number of hydrogen-bond donors (Lipinski definition) is 1.